The molecule has 1 unspecified atom stereocenters. The average molecular weight is 285 g/mol. The van der Waals surface area contributed by atoms with Crippen LogP contribution in [0.2, 0.25) is 0 Å². The van der Waals surface area contributed by atoms with E-state index >= 15 is 0 Å². The summed E-state index contributed by atoms with van der Waals surface area (Å²) in [5.74, 6) is -1.32. The molecule has 0 saturated carbocycles. The minimum atomic E-state index is -4.17. The van der Waals surface area contributed by atoms with Crippen molar-refractivity contribution in [2.24, 2.45) is 5.92 Å². The summed E-state index contributed by atoms with van der Waals surface area (Å²) < 4.78 is 43.9. The van der Waals surface area contributed by atoms with E-state index in [-0.39, 0.29) is 19.0 Å². The van der Waals surface area contributed by atoms with E-state index in [4.69, 9.17) is 10.2 Å². The highest BCUT2D eigenvalue weighted by atomic mass is 19.4. The van der Waals surface area contributed by atoms with Crippen molar-refractivity contribution in [3.8, 4) is 0 Å². The van der Waals surface area contributed by atoms with Crippen LogP contribution in [0.5, 0.6) is 0 Å². The summed E-state index contributed by atoms with van der Waals surface area (Å²) in [6.45, 7) is 0.417. The predicted octanol–water partition coefficient (Wildman–Crippen LogP) is 3.19. The number of oxazole rings is 1. The molecule has 20 heavy (non-hydrogen) atoms. The monoisotopic (exact) mass is 285 g/mol. The van der Waals surface area contributed by atoms with E-state index in [0.717, 1.165) is 0 Å². The zero-order valence-corrected chi connectivity index (χ0v) is 10.7. The molecule has 3 rings (SSSR count). The second-order valence-corrected chi connectivity index (χ2v) is 5.05. The predicted molar refractivity (Wildman–Crippen MR) is 69.4 cm³/mol. The van der Waals surface area contributed by atoms with E-state index < -0.39 is 12.1 Å². The molecule has 108 valence electrons. The smallest absolute Gasteiger partial charge is 0.393 e. The second kappa shape index (κ2) is 4.57. The van der Waals surface area contributed by atoms with E-state index in [1.165, 1.54) is 0 Å². The number of halogens is 3. The van der Waals surface area contributed by atoms with Crippen LogP contribution in [0.25, 0.3) is 11.1 Å². The topological polar surface area (TPSA) is 55.3 Å². The van der Waals surface area contributed by atoms with Gasteiger partial charge in [-0.15, -0.1) is 0 Å². The number of hydrogen-bond acceptors (Lipinski definition) is 4. The number of fused-ring (bicyclic) bond motifs is 1. The van der Waals surface area contributed by atoms with Gasteiger partial charge in [0.15, 0.2) is 5.58 Å². The molecule has 1 aromatic carbocycles. The molecular formula is C13H14F3N3O. The lowest BCUT2D eigenvalue weighted by Gasteiger charge is -2.32. The minimum absolute atomic E-state index is 0.105. The van der Waals surface area contributed by atoms with Gasteiger partial charge in [-0.3, -0.25) is 0 Å². The Labute approximate surface area is 113 Å². The summed E-state index contributed by atoms with van der Waals surface area (Å²) in [5, 5.41) is 0. The molecule has 7 heteroatoms. The van der Waals surface area contributed by atoms with E-state index in [0.29, 0.717) is 29.8 Å². The first kappa shape index (κ1) is 13.1. The maximum Gasteiger partial charge on any atom is 0.393 e. The Balaban J connectivity index is 1.87. The molecule has 0 amide bonds. The summed E-state index contributed by atoms with van der Waals surface area (Å²) >= 11 is 0. The summed E-state index contributed by atoms with van der Waals surface area (Å²) in [6, 6.07) is 5.24. The van der Waals surface area contributed by atoms with Crippen LogP contribution in [0.15, 0.2) is 22.6 Å². The number of anilines is 2. The fourth-order valence-corrected chi connectivity index (χ4v) is 2.48. The third-order valence-corrected chi connectivity index (χ3v) is 3.56. The Hall–Kier alpha value is -1.92. The number of benzene rings is 1. The lowest BCUT2D eigenvalue weighted by atomic mass is 9.98. The molecule has 0 radical (unpaired) electrons. The lowest BCUT2D eigenvalue weighted by molar-refractivity contribution is -0.176. The average Bonchev–Trinajstić information content (AvgIpc) is 2.81. The first-order valence-electron chi connectivity index (χ1n) is 6.41. The molecule has 2 aromatic rings. The van der Waals surface area contributed by atoms with Crippen molar-refractivity contribution in [2.75, 3.05) is 23.7 Å². The fraction of sp³-hybridized carbons (Fsp3) is 0.462. The van der Waals surface area contributed by atoms with Crippen LogP contribution in [0.4, 0.5) is 24.9 Å². The van der Waals surface area contributed by atoms with Crippen LogP contribution in [-0.4, -0.2) is 24.2 Å². The zero-order valence-electron chi connectivity index (χ0n) is 10.7. The van der Waals surface area contributed by atoms with Crippen molar-refractivity contribution in [3.05, 3.63) is 18.2 Å². The SMILES string of the molecule is Nc1ccc2nc(N3CCCC(C(F)(F)F)C3)oc2c1. The third-order valence-electron chi connectivity index (χ3n) is 3.56. The minimum Gasteiger partial charge on any atom is -0.423 e. The van der Waals surface area contributed by atoms with E-state index in [1.807, 2.05) is 0 Å². The van der Waals surface area contributed by atoms with Crippen molar-refractivity contribution in [3.63, 3.8) is 0 Å². The highest BCUT2D eigenvalue weighted by Crippen LogP contribution is 2.35. The highest BCUT2D eigenvalue weighted by Gasteiger charge is 2.42. The Morgan fingerprint density at radius 2 is 2.15 bits per heavy atom. The van der Waals surface area contributed by atoms with Gasteiger partial charge in [-0.05, 0) is 25.0 Å². The van der Waals surface area contributed by atoms with Gasteiger partial charge in [-0.25, -0.2) is 0 Å². The number of hydrogen-bond donors (Lipinski definition) is 1. The van der Waals surface area contributed by atoms with Gasteiger partial charge in [-0.1, -0.05) is 0 Å². The first-order valence-corrected chi connectivity index (χ1v) is 6.41. The molecule has 1 aromatic heterocycles. The van der Waals surface area contributed by atoms with Crippen LogP contribution >= 0.6 is 0 Å². The molecule has 2 heterocycles. The van der Waals surface area contributed by atoms with E-state index in [9.17, 15) is 13.2 Å². The molecular weight excluding hydrogens is 271 g/mol. The Kier molecular flexibility index (Phi) is 2.99. The van der Waals surface area contributed by atoms with Gasteiger partial charge in [-0.2, -0.15) is 18.2 Å². The second-order valence-electron chi connectivity index (χ2n) is 5.05. The molecule has 1 fully saturated rings. The fourth-order valence-electron chi connectivity index (χ4n) is 2.48. The van der Waals surface area contributed by atoms with Gasteiger partial charge in [0, 0.05) is 24.8 Å². The Morgan fingerprint density at radius 1 is 1.35 bits per heavy atom. The number of nitrogens with two attached hydrogens (primary N) is 1. The van der Waals surface area contributed by atoms with Gasteiger partial charge < -0.3 is 15.1 Å². The quantitative estimate of drug-likeness (QED) is 0.818. The number of aromatic nitrogens is 1. The van der Waals surface area contributed by atoms with Crippen LogP contribution in [0.3, 0.4) is 0 Å². The van der Waals surface area contributed by atoms with Crippen LogP contribution in [0.1, 0.15) is 12.8 Å². The standard InChI is InChI=1S/C13H14F3N3O/c14-13(15,16)8-2-1-5-19(7-8)12-18-10-4-3-9(17)6-11(10)20-12/h3-4,6,8H,1-2,5,7,17H2. The summed E-state index contributed by atoms with van der Waals surface area (Å²) in [7, 11) is 0. The normalized spacial score (nSPS) is 20.6. The van der Waals surface area contributed by atoms with Gasteiger partial charge in [0.25, 0.3) is 6.01 Å². The van der Waals surface area contributed by atoms with E-state index in [2.05, 4.69) is 4.98 Å². The summed E-state index contributed by atoms with van der Waals surface area (Å²) in [4.78, 5) is 5.78. The molecule has 1 aliphatic heterocycles. The molecule has 1 aliphatic rings. The number of rotatable bonds is 1. The largest absolute Gasteiger partial charge is 0.423 e. The molecule has 4 nitrogen and oxygen atoms in total. The van der Waals surface area contributed by atoms with Gasteiger partial charge in [0.05, 0.1) is 5.92 Å². The number of piperidine rings is 1. The molecule has 0 aliphatic carbocycles. The molecule has 1 saturated heterocycles. The zero-order chi connectivity index (χ0) is 14.3. The van der Waals surface area contributed by atoms with Gasteiger partial charge in [0.1, 0.15) is 5.52 Å². The molecule has 0 spiro atoms. The third kappa shape index (κ3) is 2.39. The first-order chi connectivity index (χ1) is 9.43. The van der Waals surface area contributed by atoms with Crippen molar-refractivity contribution in [2.45, 2.75) is 19.0 Å². The lowest BCUT2D eigenvalue weighted by Crippen LogP contribution is -2.41. The molecule has 2 N–H and O–H groups in total. The Bertz CT molecular complexity index is 623. The number of nitrogens with zero attached hydrogens (tertiary/aromatic N) is 2. The maximum atomic E-state index is 12.8. The molecule has 1 atom stereocenters. The highest BCUT2D eigenvalue weighted by molar-refractivity contribution is 5.78. The maximum absolute atomic E-state index is 12.8. The van der Waals surface area contributed by atoms with Crippen LogP contribution in [-0.2, 0) is 0 Å². The molecule has 0 bridgehead atoms. The van der Waals surface area contributed by atoms with Gasteiger partial charge >= 0.3 is 6.18 Å². The number of alkyl halides is 3. The van der Waals surface area contributed by atoms with Gasteiger partial charge in [0.2, 0.25) is 0 Å². The van der Waals surface area contributed by atoms with Crippen LogP contribution < -0.4 is 10.6 Å². The van der Waals surface area contributed by atoms with Crippen molar-refractivity contribution < 1.29 is 17.6 Å². The van der Waals surface area contributed by atoms with Crippen LogP contribution in [0, 0.1) is 5.92 Å². The summed E-state index contributed by atoms with van der Waals surface area (Å²) in [5.41, 5.74) is 7.27. The number of nitrogen functional groups attached to an aromatic ring is 1. The van der Waals surface area contributed by atoms with Crippen molar-refractivity contribution in [1.29, 1.82) is 0 Å². The van der Waals surface area contributed by atoms with Crippen molar-refractivity contribution in [1.82, 2.24) is 4.98 Å². The summed E-state index contributed by atoms with van der Waals surface area (Å²) in [6.07, 6.45) is -3.53. The van der Waals surface area contributed by atoms with Crippen molar-refractivity contribution >= 4 is 22.8 Å². The van der Waals surface area contributed by atoms with E-state index in [1.54, 1.807) is 23.1 Å². The Morgan fingerprint density at radius 3 is 2.90 bits per heavy atom.